The van der Waals surface area contributed by atoms with Gasteiger partial charge in [-0.05, 0) is 61.0 Å². The summed E-state index contributed by atoms with van der Waals surface area (Å²) in [5.74, 6) is -3.17. The number of nitrogens with zero attached hydrogens (tertiary/aromatic N) is 4. The first kappa shape index (κ1) is 27.6. The molecule has 11 heteroatoms. The molecule has 1 aliphatic carbocycles. The number of piperidine rings is 1. The molecule has 41 heavy (non-hydrogen) atoms. The monoisotopic (exact) mass is 582 g/mol. The van der Waals surface area contributed by atoms with Crippen LogP contribution in [-0.2, 0) is 11.3 Å². The van der Waals surface area contributed by atoms with Gasteiger partial charge in [0.1, 0.15) is 12.1 Å². The topological polar surface area (TPSA) is 89.6 Å². The second kappa shape index (κ2) is 10.7. The third-order valence-electron chi connectivity index (χ3n) is 8.54. The van der Waals surface area contributed by atoms with Crippen LogP contribution in [0.5, 0.6) is 5.75 Å². The van der Waals surface area contributed by atoms with Crippen LogP contribution in [0, 0.1) is 5.92 Å². The van der Waals surface area contributed by atoms with Crippen LogP contribution in [0.4, 0.5) is 8.78 Å². The molecule has 0 radical (unpaired) electrons. The highest BCUT2D eigenvalue weighted by Gasteiger charge is 2.47. The lowest BCUT2D eigenvalue weighted by atomic mass is 9.75. The molecule has 8 nitrogen and oxygen atoms in total. The molecule has 2 atom stereocenters. The predicted molar refractivity (Wildman–Crippen MR) is 152 cm³/mol. The average Bonchev–Trinajstić information content (AvgIpc) is 3.65. The zero-order valence-corrected chi connectivity index (χ0v) is 23.5. The molecular weight excluding hydrogens is 550 g/mol. The van der Waals surface area contributed by atoms with E-state index in [0.717, 1.165) is 16.3 Å². The molecule has 1 N–H and O–H groups in total. The largest absolute Gasteiger partial charge is 0.497 e. The number of halogens is 2. The van der Waals surface area contributed by atoms with Gasteiger partial charge in [0.25, 0.3) is 5.56 Å². The Hall–Kier alpha value is -3.57. The van der Waals surface area contributed by atoms with Crippen molar-refractivity contribution >= 4 is 28.3 Å². The van der Waals surface area contributed by atoms with Gasteiger partial charge in [-0.2, -0.15) is 0 Å². The fraction of sp³-hybridized carbons (Fsp3) is 0.433. The second-order valence-electron chi connectivity index (χ2n) is 11.2. The van der Waals surface area contributed by atoms with Gasteiger partial charge in [-0.15, -0.1) is 11.3 Å². The Balaban J connectivity index is 1.14. The van der Waals surface area contributed by atoms with Crippen LogP contribution in [0.3, 0.4) is 0 Å². The smallest absolute Gasteiger partial charge is 0.262 e. The Morgan fingerprint density at radius 2 is 1.90 bits per heavy atom. The van der Waals surface area contributed by atoms with Crippen LogP contribution in [0.15, 0.2) is 65.2 Å². The SMILES string of the molecule is COc1ccc(-n2ccc3c(=O)n(CC4(O)CCN(C(=O)[C@@H]5CCC(F)(F)C[C@H]5c5cccs5)CC4)cnc32)cc1. The maximum atomic E-state index is 14.3. The van der Waals surface area contributed by atoms with Crippen LogP contribution in [0.25, 0.3) is 16.7 Å². The van der Waals surface area contributed by atoms with Crippen LogP contribution in [0.1, 0.15) is 42.9 Å². The third kappa shape index (κ3) is 5.40. The summed E-state index contributed by atoms with van der Waals surface area (Å²) in [5, 5.41) is 13.7. The summed E-state index contributed by atoms with van der Waals surface area (Å²) in [5.41, 5.74) is -0.0937. The fourth-order valence-electron chi connectivity index (χ4n) is 6.20. The number of hydrogen-bond donors (Lipinski definition) is 1. The van der Waals surface area contributed by atoms with Gasteiger partial charge in [0.2, 0.25) is 11.8 Å². The van der Waals surface area contributed by atoms with Crippen LogP contribution in [-0.4, -0.2) is 61.8 Å². The van der Waals surface area contributed by atoms with Crippen LogP contribution in [0.2, 0.25) is 0 Å². The van der Waals surface area contributed by atoms with Gasteiger partial charge < -0.3 is 19.3 Å². The number of methoxy groups -OCH3 is 1. The van der Waals surface area contributed by atoms with Crippen LogP contribution < -0.4 is 10.3 Å². The lowest BCUT2D eigenvalue weighted by Crippen LogP contribution is -2.52. The highest BCUT2D eigenvalue weighted by atomic mass is 32.1. The molecule has 3 aromatic heterocycles. The Kier molecular flexibility index (Phi) is 7.19. The van der Waals surface area contributed by atoms with Crippen molar-refractivity contribution in [3.63, 3.8) is 0 Å². The minimum atomic E-state index is -2.77. The molecule has 1 aromatic carbocycles. The van der Waals surface area contributed by atoms with Crippen molar-refractivity contribution in [1.29, 1.82) is 0 Å². The molecule has 4 heterocycles. The molecule has 4 aromatic rings. The molecular formula is C30H32F2N4O4S. The van der Waals surface area contributed by atoms with E-state index in [1.54, 1.807) is 24.3 Å². The van der Waals surface area contributed by atoms with E-state index in [-0.39, 0.29) is 50.1 Å². The number of carbonyl (C=O) groups excluding carboxylic acids is 1. The Labute approximate surface area is 239 Å². The summed E-state index contributed by atoms with van der Waals surface area (Å²) in [6, 6.07) is 12.8. The van der Waals surface area contributed by atoms with Gasteiger partial charge in [0, 0.05) is 54.5 Å². The highest BCUT2D eigenvalue weighted by Crippen LogP contribution is 2.47. The molecule has 1 saturated carbocycles. The van der Waals surface area contributed by atoms with Crippen molar-refractivity contribution in [2.45, 2.75) is 56.1 Å². The summed E-state index contributed by atoms with van der Waals surface area (Å²) in [6.45, 7) is 0.660. The number of rotatable bonds is 6. The Morgan fingerprint density at radius 3 is 2.59 bits per heavy atom. The van der Waals surface area contributed by atoms with Gasteiger partial charge in [0.15, 0.2) is 5.65 Å². The maximum absolute atomic E-state index is 14.3. The maximum Gasteiger partial charge on any atom is 0.262 e. The van der Waals surface area contributed by atoms with Crippen molar-refractivity contribution in [3.05, 3.63) is 75.6 Å². The minimum absolute atomic E-state index is 0.0536. The number of likely N-dealkylation sites (tertiary alicyclic amines) is 1. The number of amides is 1. The summed E-state index contributed by atoms with van der Waals surface area (Å²) in [7, 11) is 1.60. The molecule has 2 fully saturated rings. The number of ether oxygens (including phenoxy) is 1. The minimum Gasteiger partial charge on any atom is -0.497 e. The lowest BCUT2D eigenvalue weighted by molar-refractivity contribution is -0.145. The number of aromatic nitrogens is 3. The van der Waals surface area contributed by atoms with Crippen LogP contribution >= 0.6 is 11.3 Å². The second-order valence-corrected chi connectivity index (χ2v) is 12.2. The number of alkyl halides is 2. The zero-order chi connectivity index (χ0) is 28.8. The zero-order valence-electron chi connectivity index (χ0n) is 22.7. The summed E-state index contributed by atoms with van der Waals surface area (Å²) in [4.78, 5) is 33.9. The summed E-state index contributed by atoms with van der Waals surface area (Å²) in [6.07, 6.45) is 3.34. The first-order valence-electron chi connectivity index (χ1n) is 13.8. The van der Waals surface area contributed by atoms with Gasteiger partial charge in [-0.3, -0.25) is 14.2 Å². The number of thiophene rings is 1. The van der Waals surface area contributed by atoms with Crippen molar-refractivity contribution in [2.24, 2.45) is 5.92 Å². The van der Waals surface area contributed by atoms with E-state index in [9.17, 15) is 23.5 Å². The molecule has 1 aliphatic heterocycles. The number of aliphatic hydroxyl groups is 1. The van der Waals surface area contributed by atoms with E-state index in [1.165, 1.54) is 22.2 Å². The van der Waals surface area contributed by atoms with E-state index in [2.05, 4.69) is 4.98 Å². The molecule has 1 amide bonds. The lowest BCUT2D eigenvalue weighted by Gasteiger charge is -2.42. The molecule has 216 valence electrons. The molecule has 0 spiro atoms. The van der Waals surface area contributed by atoms with Crippen molar-refractivity contribution in [1.82, 2.24) is 19.0 Å². The van der Waals surface area contributed by atoms with Crippen molar-refractivity contribution < 1.29 is 23.4 Å². The Morgan fingerprint density at radius 1 is 1.15 bits per heavy atom. The number of hydrogen-bond acceptors (Lipinski definition) is 6. The summed E-state index contributed by atoms with van der Waals surface area (Å²) < 4.78 is 37.0. The molecule has 1 saturated heterocycles. The predicted octanol–water partition coefficient (Wildman–Crippen LogP) is 4.83. The third-order valence-corrected chi connectivity index (χ3v) is 9.55. The first-order chi connectivity index (χ1) is 19.7. The van der Waals surface area contributed by atoms with Gasteiger partial charge in [0.05, 0.1) is 24.6 Å². The molecule has 0 unspecified atom stereocenters. The molecule has 6 rings (SSSR count). The average molecular weight is 583 g/mol. The van der Waals surface area contributed by atoms with Crippen molar-refractivity contribution in [2.75, 3.05) is 20.2 Å². The van der Waals surface area contributed by atoms with E-state index in [0.29, 0.717) is 24.1 Å². The number of fused-ring (bicyclic) bond motifs is 1. The molecule has 0 bridgehead atoms. The van der Waals surface area contributed by atoms with E-state index < -0.39 is 23.4 Å². The quantitative estimate of drug-likeness (QED) is 0.352. The summed E-state index contributed by atoms with van der Waals surface area (Å²) >= 11 is 1.41. The van der Waals surface area contributed by atoms with Gasteiger partial charge in [-0.1, -0.05) is 6.07 Å². The van der Waals surface area contributed by atoms with E-state index in [1.807, 2.05) is 46.3 Å². The standard InChI is InChI=1S/C30H32F2N4O4S/c1-40-21-6-4-20(5-7-21)36-13-9-23-26(36)33-19-35(28(23)38)18-29(39)11-14-34(15-12-29)27(37)22-8-10-30(31,32)17-24(22)25-3-2-16-41-25/h2-7,9,13,16,19,22,24,39H,8,10-12,14-15,17-18H2,1H3/t22-,24-/m1/s1. The normalized spacial score (nSPS) is 22.1. The number of carbonyl (C=O) groups is 1. The van der Waals surface area contributed by atoms with E-state index in [4.69, 9.17) is 4.74 Å². The van der Waals surface area contributed by atoms with Gasteiger partial charge in [-0.25, -0.2) is 13.8 Å². The highest BCUT2D eigenvalue weighted by molar-refractivity contribution is 7.10. The molecule has 2 aliphatic rings. The first-order valence-corrected chi connectivity index (χ1v) is 14.7. The van der Waals surface area contributed by atoms with Crippen molar-refractivity contribution in [3.8, 4) is 11.4 Å². The van der Waals surface area contributed by atoms with Gasteiger partial charge >= 0.3 is 0 Å². The van der Waals surface area contributed by atoms with E-state index >= 15 is 0 Å². The fourth-order valence-corrected chi connectivity index (χ4v) is 7.10. The Bertz CT molecular complexity index is 1590. The number of benzene rings is 1.